The molecular formula is C60H44N2O2. The van der Waals surface area contributed by atoms with Gasteiger partial charge in [-0.15, -0.1) is 0 Å². The number of hydrogen-bond donors (Lipinski definition) is 1. The quantitative estimate of drug-likeness (QED) is 0.104. The number of aliphatic hydroxyl groups excluding tert-OH is 1. The van der Waals surface area contributed by atoms with Crippen LogP contribution in [0, 0.1) is 0 Å². The van der Waals surface area contributed by atoms with Gasteiger partial charge >= 0.3 is 0 Å². The van der Waals surface area contributed by atoms with E-state index in [1.807, 2.05) is 30.6 Å². The van der Waals surface area contributed by atoms with Crippen molar-refractivity contribution < 1.29 is 9.90 Å². The van der Waals surface area contributed by atoms with Crippen molar-refractivity contribution in [1.82, 2.24) is 9.97 Å². The molecule has 0 saturated heterocycles. The van der Waals surface area contributed by atoms with E-state index in [2.05, 4.69) is 182 Å². The average molecular weight is 825 g/mol. The standard InChI is InChI=1S/C60H44N2O2/c1-40(63)34-47(64)33-32-41-18-8-9-23-48(41)44-35-45(49-24-10-12-26-51(49)57-38-61-59(42-19-4-2-5-20-42)55-30-16-14-28-53(55)57)37-46(36-44)50-25-11-13-27-52(50)58-39-62-60(43-21-6-3-7-22-43)56-31-17-15-29-54(56)58/h2-31,34-39,63H,32-33H2,1H3/b40-34-. The maximum absolute atomic E-state index is 12.8. The van der Waals surface area contributed by atoms with Crippen LogP contribution in [0.5, 0.6) is 0 Å². The molecule has 0 radical (unpaired) electrons. The minimum atomic E-state index is -0.106. The zero-order valence-electron chi connectivity index (χ0n) is 35.4. The third kappa shape index (κ3) is 7.90. The average Bonchev–Trinajstić information content (AvgIpc) is 3.35. The fourth-order valence-electron chi connectivity index (χ4n) is 9.08. The van der Waals surface area contributed by atoms with Crippen LogP contribution in [-0.4, -0.2) is 20.9 Å². The van der Waals surface area contributed by atoms with Crippen molar-refractivity contribution in [2.75, 3.05) is 0 Å². The number of aliphatic hydroxyl groups is 1. The predicted molar refractivity (Wildman–Crippen MR) is 265 cm³/mol. The van der Waals surface area contributed by atoms with Crippen LogP contribution in [0.15, 0.2) is 224 Å². The molecule has 10 aromatic rings. The van der Waals surface area contributed by atoms with Crippen LogP contribution in [0.25, 0.3) is 99.7 Å². The Morgan fingerprint density at radius 2 is 0.797 bits per heavy atom. The summed E-state index contributed by atoms with van der Waals surface area (Å²) in [5.74, 6) is -0.0892. The lowest BCUT2D eigenvalue weighted by Crippen LogP contribution is -1.99. The van der Waals surface area contributed by atoms with E-state index in [1.54, 1.807) is 0 Å². The van der Waals surface area contributed by atoms with Crippen molar-refractivity contribution in [3.63, 3.8) is 0 Å². The van der Waals surface area contributed by atoms with Gasteiger partial charge in [-0.2, -0.15) is 0 Å². The molecular weight excluding hydrogens is 781 g/mol. The van der Waals surface area contributed by atoms with Gasteiger partial charge in [0.25, 0.3) is 0 Å². The zero-order chi connectivity index (χ0) is 43.4. The molecule has 0 aliphatic carbocycles. The topological polar surface area (TPSA) is 63.1 Å². The Balaban J connectivity index is 1.18. The van der Waals surface area contributed by atoms with Crippen LogP contribution in [0.1, 0.15) is 18.9 Å². The molecule has 306 valence electrons. The molecule has 4 nitrogen and oxygen atoms in total. The minimum Gasteiger partial charge on any atom is -0.512 e. The Morgan fingerprint density at radius 3 is 1.27 bits per heavy atom. The van der Waals surface area contributed by atoms with Crippen LogP contribution < -0.4 is 0 Å². The fraction of sp³-hybridized carbons (Fsp3) is 0.0500. The van der Waals surface area contributed by atoms with Crippen molar-refractivity contribution in [2.45, 2.75) is 19.8 Å². The number of ketones is 1. The molecule has 64 heavy (non-hydrogen) atoms. The molecule has 2 heterocycles. The van der Waals surface area contributed by atoms with E-state index in [0.717, 1.165) is 105 Å². The predicted octanol–water partition coefficient (Wildman–Crippen LogP) is 15.4. The summed E-state index contributed by atoms with van der Waals surface area (Å²) < 4.78 is 0. The first-order valence-electron chi connectivity index (χ1n) is 21.7. The Bertz CT molecular complexity index is 3180. The molecule has 0 fully saturated rings. The lowest BCUT2D eigenvalue weighted by Gasteiger charge is -2.19. The van der Waals surface area contributed by atoms with Crippen molar-refractivity contribution in [1.29, 1.82) is 0 Å². The van der Waals surface area contributed by atoms with E-state index >= 15 is 0 Å². The SMILES string of the molecule is C/C(O)=C/C(=O)CCc1ccccc1-c1cc(-c2ccccc2-c2cnc(-c3ccccc3)c3ccccc23)cc(-c2ccccc2-c2cnc(-c3ccccc3)c3ccccc23)c1. The summed E-state index contributed by atoms with van der Waals surface area (Å²) in [6, 6.07) is 70.3. The molecule has 0 aliphatic rings. The molecule has 2 aromatic heterocycles. The summed E-state index contributed by atoms with van der Waals surface area (Å²) >= 11 is 0. The Labute approximate surface area is 373 Å². The number of rotatable bonds is 11. The largest absolute Gasteiger partial charge is 0.512 e. The maximum atomic E-state index is 12.8. The number of carbonyl (C=O) groups excluding carboxylic acids is 1. The zero-order valence-corrected chi connectivity index (χ0v) is 35.4. The molecule has 0 atom stereocenters. The number of nitrogens with zero attached hydrogens (tertiary/aromatic N) is 2. The van der Waals surface area contributed by atoms with E-state index in [-0.39, 0.29) is 18.0 Å². The smallest absolute Gasteiger partial charge is 0.159 e. The van der Waals surface area contributed by atoms with Crippen molar-refractivity contribution >= 4 is 27.3 Å². The van der Waals surface area contributed by atoms with E-state index in [1.165, 1.54) is 13.0 Å². The van der Waals surface area contributed by atoms with E-state index < -0.39 is 0 Å². The molecule has 0 aliphatic heterocycles. The third-order valence-corrected chi connectivity index (χ3v) is 12.0. The van der Waals surface area contributed by atoms with Gasteiger partial charge in [-0.3, -0.25) is 14.8 Å². The first-order chi connectivity index (χ1) is 31.5. The number of carbonyl (C=O) groups is 1. The Kier molecular flexibility index (Phi) is 11.0. The number of aryl methyl sites for hydroxylation is 1. The van der Waals surface area contributed by atoms with Gasteiger partial charge < -0.3 is 5.11 Å². The maximum Gasteiger partial charge on any atom is 0.159 e. The Morgan fingerprint density at radius 1 is 0.422 bits per heavy atom. The van der Waals surface area contributed by atoms with Crippen LogP contribution >= 0.6 is 0 Å². The number of pyridine rings is 2. The number of aromatic nitrogens is 2. The van der Waals surface area contributed by atoms with Crippen LogP contribution in [0.4, 0.5) is 0 Å². The van der Waals surface area contributed by atoms with Crippen LogP contribution in [0.3, 0.4) is 0 Å². The summed E-state index contributed by atoms with van der Waals surface area (Å²) in [5, 5.41) is 14.3. The van der Waals surface area contributed by atoms with Gasteiger partial charge in [0, 0.05) is 57.9 Å². The number of fused-ring (bicyclic) bond motifs is 2. The van der Waals surface area contributed by atoms with Gasteiger partial charge in [-0.25, -0.2) is 0 Å². The molecule has 8 aromatic carbocycles. The second-order valence-electron chi connectivity index (χ2n) is 16.2. The van der Waals surface area contributed by atoms with Crippen molar-refractivity contribution in [3.8, 4) is 78.1 Å². The fourth-order valence-corrected chi connectivity index (χ4v) is 9.08. The summed E-state index contributed by atoms with van der Waals surface area (Å²) in [7, 11) is 0. The summed E-state index contributed by atoms with van der Waals surface area (Å²) in [4.78, 5) is 23.1. The first kappa shape index (κ1) is 39.9. The van der Waals surface area contributed by atoms with Gasteiger partial charge in [0.05, 0.1) is 17.1 Å². The first-order valence-corrected chi connectivity index (χ1v) is 21.7. The van der Waals surface area contributed by atoms with Gasteiger partial charge in [-0.05, 0) is 92.4 Å². The van der Waals surface area contributed by atoms with Gasteiger partial charge in [0.1, 0.15) is 0 Å². The highest BCUT2D eigenvalue weighted by Gasteiger charge is 2.19. The second-order valence-corrected chi connectivity index (χ2v) is 16.2. The van der Waals surface area contributed by atoms with Gasteiger partial charge in [0.15, 0.2) is 5.78 Å². The van der Waals surface area contributed by atoms with Gasteiger partial charge in [0.2, 0.25) is 0 Å². The van der Waals surface area contributed by atoms with E-state index in [0.29, 0.717) is 6.42 Å². The molecule has 0 saturated carbocycles. The third-order valence-electron chi connectivity index (χ3n) is 12.0. The lowest BCUT2D eigenvalue weighted by atomic mass is 9.85. The lowest BCUT2D eigenvalue weighted by molar-refractivity contribution is -0.114. The highest BCUT2D eigenvalue weighted by Crippen LogP contribution is 2.44. The molecule has 4 heteroatoms. The van der Waals surface area contributed by atoms with Crippen molar-refractivity contribution in [3.05, 3.63) is 230 Å². The van der Waals surface area contributed by atoms with Crippen LogP contribution in [-0.2, 0) is 11.2 Å². The second kappa shape index (κ2) is 17.6. The summed E-state index contributed by atoms with van der Waals surface area (Å²) in [6.45, 7) is 1.53. The van der Waals surface area contributed by atoms with Gasteiger partial charge in [-0.1, -0.05) is 182 Å². The normalized spacial score (nSPS) is 11.5. The van der Waals surface area contributed by atoms with E-state index in [4.69, 9.17) is 9.97 Å². The molecule has 0 unspecified atom stereocenters. The number of benzene rings is 8. The highest BCUT2D eigenvalue weighted by molar-refractivity contribution is 6.07. The molecule has 0 bridgehead atoms. The number of allylic oxidation sites excluding steroid dienone is 2. The minimum absolute atomic E-state index is 0.0170. The summed E-state index contributed by atoms with van der Waals surface area (Å²) in [6.07, 6.45) is 6.17. The van der Waals surface area contributed by atoms with Crippen LogP contribution in [0.2, 0.25) is 0 Å². The molecule has 0 amide bonds. The molecule has 10 rings (SSSR count). The molecule has 1 N–H and O–H groups in total. The molecule has 0 spiro atoms. The Hall–Kier alpha value is -8.21. The van der Waals surface area contributed by atoms with E-state index in [9.17, 15) is 9.90 Å². The summed E-state index contributed by atoms with van der Waals surface area (Å²) in [5.41, 5.74) is 15.8. The monoisotopic (exact) mass is 824 g/mol. The van der Waals surface area contributed by atoms with Crippen molar-refractivity contribution in [2.24, 2.45) is 0 Å². The highest BCUT2D eigenvalue weighted by atomic mass is 16.3. The number of hydrogen-bond acceptors (Lipinski definition) is 4.